The van der Waals surface area contributed by atoms with E-state index in [0.717, 1.165) is 0 Å². The summed E-state index contributed by atoms with van der Waals surface area (Å²) in [4.78, 5) is 39.3. The summed E-state index contributed by atoms with van der Waals surface area (Å²) >= 11 is 6.43. The summed E-state index contributed by atoms with van der Waals surface area (Å²) in [6.45, 7) is 0.558. The van der Waals surface area contributed by atoms with Crippen molar-refractivity contribution in [1.29, 1.82) is 0 Å². The molecule has 10 heteroatoms. The monoisotopic (exact) mass is 631 g/mol. The van der Waals surface area contributed by atoms with E-state index in [4.69, 9.17) is 25.5 Å². The lowest BCUT2D eigenvalue weighted by Gasteiger charge is -2.23. The molecule has 0 bridgehead atoms. The minimum absolute atomic E-state index is 0. The molecule has 224 valence electrons. The van der Waals surface area contributed by atoms with Crippen molar-refractivity contribution >= 4 is 46.9 Å². The Kier molecular flexibility index (Phi) is 9.35. The molecule has 2 unspecified atom stereocenters. The molecule has 5 aromatic rings. The zero-order valence-electron chi connectivity index (χ0n) is 23.2. The number of carbonyl (C=O) groups is 2. The number of rotatable bonds is 7. The number of esters is 2. The fraction of sp³-hybridized carbons (Fsp3) is 0.147. The van der Waals surface area contributed by atoms with Crippen molar-refractivity contribution in [3.8, 4) is 22.8 Å². The molecule has 0 saturated carbocycles. The van der Waals surface area contributed by atoms with Gasteiger partial charge in [0.05, 0.1) is 16.1 Å². The van der Waals surface area contributed by atoms with Crippen molar-refractivity contribution in [2.24, 2.45) is 0 Å². The van der Waals surface area contributed by atoms with Crippen LogP contribution in [0, 0.1) is 0 Å². The number of hydrogen-bond acceptors (Lipinski definition) is 8. The van der Waals surface area contributed by atoms with Gasteiger partial charge in [-0.3, -0.25) is 4.79 Å². The van der Waals surface area contributed by atoms with E-state index >= 15 is 0 Å². The number of phenols is 1. The summed E-state index contributed by atoms with van der Waals surface area (Å²) in [7, 11) is 0. The topological polar surface area (TPSA) is 115 Å². The van der Waals surface area contributed by atoms with Gasteiger partial charge in [-0.2, -0.15) is 0 Å². The zero-order valence-corrected chi connectivity index (χ0v) is 24.8. The van der Waals surface area contributed by atoms with Crippen LogP contribution in [-0.2, 0) is 4.74 Å². The summed E-state index contributed by atoms with van der Waals surface area (Å²) in [6, 6.07) is 26.1. The summed E-state index contributed by atoms with van der Waals surface area (Å²) in [6.07, 6.45) is 0.545. The third-order valence-corrected chi connectivity index (χ3v) is 7.78. The molecule has 8 nitrogen and oxygen atoms in total. The smallest absolute Gasteiger partial charge is 0.343 e. The van der Waals surface area contributed by atoms with Crippen molar-refractivity contribution in [2.45, 2.75) is 18.4 Å². The lowest BCUT2D eigenvalue weighted by atomic mass is 9.89. The van der Waals surface area contributed by atoms with Gasteiger partial charge in [0, 0.05) is 35.2 Å². The van der Waals surface area contributed by atoms with E-state index < -0.39 is 35.1 Å². The Bertz CT molecular complexity index is 1880. The lowest BCUT2D eigenvalue weighted by Crippen LogP contribution is -2.32. The van der Waals surface area contributed by atoms with Gasteiger partial charge >= 0.3 is 11.9 Å². The molecule has 1 aliphatic heterocycles. The lowest BCUT2D eigenvalue weighted by molar-refractivity contribution is 0.0466. The second-order valence-corrected chi connectivity index (χ2v) is 10.5. The first-order valence-corrected chi connectivity index (χ1v) is 14.1. The number of ether oxygens (including phenoxy) is 2. The molecule has 1 aromatic heterocycles. The quantitative estimate of drug-likeness (QED) is 0.149. The first-order valence-electron chi connectivity index (χ1n) is 13.7. The van der Waals surface area contributed by atoms with Gasteiger partial charge in [0.15, 0.2) is 5.43 Å². The molecule has 2 heterocycles. The van der Waals surface area contributed by atoms with Crippen molar-refractivity contribution in [1.82, 2.24) is 5.32 Å². The molecule has 0 aliphatic carbocycles. The Morgan fingerprint density at radius 1 is 0.909 bits per heavy atom. The molecule has 1 saturated heterocycles. The largest absolute Gasteiger partial charge is 0.507 e. The second kappa shape index (κ2) is 13.3. The van der Waals surface area contributed by atoms with E-state index in [2.05, 4.69) is 5.32 Å². The van der Waals surface area contributed by atoms with Crippen molar-refractivity contribution in [3.05, 3.63) is 129 Å². The van der Waals surface area contributed by atoms with Crippen molar-refractivity contribution in [3.63, 3.8) is 0 Å². The van der Waals surface area contributed by atoms with Crippen LogP contribution in [0.3, 0.4) is 0 Å². The van der Waals surface area contributed by atoms with E-state index in [9.17, 15) is 19.5 Å². The summed E-state index contributed by atoms with van der Waals surface area (Å²) in [5, 5.41) is 14.7. The number of nitrogens with one attached hydrogen (secondary N) is 1. The van der Waals surface area contributed by atoms with E-state index in [1.165, 1.54) is 12.1 Å². The predicted molar refractivity (Wildman–Crippen MR) is 169 cm³/mol. The molecule has 6 rings (SSSR count). The second-order valence-electron chi connectivity index (χ2n) is 10.1. The van der Waals surface area contributed by atoms with E-state index in [-0.39, 0.29) is 41.5 Å². The highest BCUT2D eigenvalue weighted by Crippen LogP contribution is 2.44. The van der Waals surface area contributed by atoms with Crippen molar-refractivity contribution < 1.29 is 28.6 Å². The summed E-state index contributed by atoms with van der Waals surface area (Å²) in [5.41, 5.74) is 1.17. The SMILES string of the molecule is Cl.O=C(OCC1NCCC1c1c(OC(=O)c2ccccc2)cc(O)c2c(=O)cc(-c3ccccc3Cl)oc12)c1ccccc1. The zero-order chi connectivity index (χ0) is 29.9. The van der Waals surface area contributed by atoms with Crippen LogP contribution < -0.4 is 15.5 Å². The van der Waals surface area contributed by atoms with Gasteiger partial charge in [-0.15, -0.1) is 12.4 Å². The van der Waals surface area contributed by atoms with Crippen LogP contribution in [0.2, 0.25) is 5.02 Å². The molecule has 0 spiro atoms. The highest BCUT2D eigenvalue weighted by molar-refractivity contribution is 6.33. The highest BCUT2D eigenvalue weighted by atomic mass is 35.5. The highest BCUT2D eigenvalue weighted by Gasteiger charge is 2.36. The van der Waals surface area contributed by atoms with Crippen LogP contribution in [-0.4, -0.2) is 36.2 Å². The van der Waals surface area contributed by atoms with Crippen LogP contribution in [0.1, 0.15) is 38.6 Å². The first-order chi connectivity index (χ1) is 20.9. The number of fused-ring (bicyclic) bond motifs is 1. The molecular weight excluding hydrogens is 605 g/mol. The third kappa shape index (κ3) is 6.19. The Labute approximate surface area is 263 Å². The van der Waals surface area contributed by atoms with Gasteiger partial charge in [0.1, 0.15) is 34.8 Å². The van der Waals surface area contributed by atoms with Gasteiger partial charge in [-0.05, 0) is 49.4 Å². The molecular formula is C34H27Cl2NO7. The maximum atomic E-state index is 13.4. The third-order valence-electron chi connectivity index (χ3n) is 7.46. The molecule has 0 amide bonds. The van der Waals surface area contributed by atoms with Crippen LogP contribution in [0.25, 0.3) is 22.3 Å². The number of phenolic OH excluding ortho intramolecular Hbond substituents is 1. The fourth-order valence-corrected chi connectivity index (χ4v) is 5.61. The van der Waals surface area contributed by atoms with Gasteiger partial charge < -0.3 is 24.3 Å². The molecule has 44 heavy (non-hydrogen) atoms. The maximum Gasteiger partial charge on any atom is 0.343 e. The molecule has 2 N–H and O–H groups in total. The van der Waals surface area contributed by atoms with Crippen LogP contribution in [0.4, 0.5) is 0 Å². The van der Waals surface area contributed by atoms with Gasteiger partial charge in [-0.1, -0.05) is 60.1 Å². The van der Waals surface area contributed by atoms with Gasteiger partial charge in [0.2, 0.25) is 0 Å². The molecule has 4 aromatic carbocycles. The molecule has 0 radical (unpaired) electrons. The van der Waals surface area contributed by atoms with Gasteiger partial charge in [0.25, 0.3) is 0 Å². The number of benzene rings is 4. The first kappa shape index (κ1) is 30.8. The Hall–Kier alpha value is -4.63. The average Bonchev–Trinajstić information content (AvgIpc) is 3.48. The Morgan fingerprint density at radius 3 is 2.23 bits per heavy atom. The Morgan fingerprint density at radius 2 is 1.55 bits per heavy atom. The molecule has 2 atom stereocenters. The number of carbonyl (C=O) groups excluding carboxylic acids is 2. The number of halogens is 2. The van der Waals surface area contributed by atoms with Gasteiger partial charge in [-0.25, -0.2) is 9.59 Å². The van der Waals surface area contributed by atoms with E-state index in [0.29, 0.717) is 40.2 Å². The van der Waals surface area contributed by atoms with Crippen LogP contribution >= 0.6 is 24.0 Å². The normalized spacial score (nSPS) is 15.8. The maximum absolute atomic E-state index is 13.4. The van der Waals surface area contributed by atoms with Crippen LogP contribution in [0.5, 0.6) is 11.5 Å². The summed E-state index contributed by atoms with van der Waals surface area (Å²) in [5.74, 6) is -1.73. The van der Waals surface area contributed by atoms with E-state index in [1.54, 1.807) is 78.9 Å². The molecule has 1 fully saturated rings. The fourth-order valence-electron chi connectivity index (χ4n) is 5.39. The minimum atomic E-state index is -0.650. The van der Waals surface area contributed by atoms with Crippen molar-refractivity contribution in [2.75, 3.05) is 13.2 Å². The average molecular weight is 632 g/mol. The predicted octanol–water partition coefficient (Wildman–Crippen LogP) is 6.76. The van der Waals surface area contributed by atoms with Crippen LogP contribution in [0.15, 0.2) is 106 Å². The number of aromatic hydroxyl groups is 1. The minimum Gasteiger partial charge on any atom is -0.507 e. The number of hydrogen-bond donors (Lipinski definition) is 2. The van der Waals surface area contributed by atoms with E-state index in [1.807, 2.05) is 6.07 Å². The molecule has 1 aliphatic rings. The summed E-state index contributed by atoms with van der Waals surface area (Å²) < 4.78 is 17.9. The Balaban J connectivity index is 0.00000384. The standard InChI is InChI=1S/C34H26ClNO7.ClH/c35-24-14-8-7-13-22(24)28-17-26(37)31-27(38)18-29(43-34(40)21-11-5-2-6-12-21)30(32(31)42-28)23-15-16-36-25(23)19-41-33(39)20-9-3-1-4-10-20;/h1-14,17-18,23,25,36,38H,15-16,19H2;1H.